The van der Waals surface area contributed by atoms with Crippen LogP contribution in [0.3, 0.4) is 0 Å². The summed E-state index contributed by atoms with van der Waals surface area (Å²) >= 11 is 1.79. The Bertz CT molecular complexity index is 784. The first-order chi connectivity index (χ1) is 13.0. The highest BCUT2D eigenvalue weighted by atomic mass is 32.1. The fourth-order valence-corrected chi connectivity index (χ4v) is 4.16. The number of aromatic nitrogens is 1. The third kappa shape index (κ3) is 5.22. The van der Waals surface area contributed by atoms with Crippen LogP contribution in [0.25, 0.3) is 0 Å². The second-order valence-electron chi connectivity index (χ2n) is 7.39. The van der Waals surface area contributed by atoms with E-state index in [9.17, 15) is 0 Å². The molecule has 1 aliphatic rings. The number of aliphatic imine (C=N–C) groups is 1. The molecule has 2 N–H and O–H groups in total. The van der Waals surface area contributed by atoms with Crippen molar-refractivity contribution < 1.29 is 4.74 Å². The molecule has 2 aromatic rings. The lowest BCUT2D eigenvalue weighted by Crippen LogP contribution is -2.45. The van der Waals surface area contributed by atoms with Crippen molar-refractivity contribution in [3.8, 4) is 5.75 Å². The van der Waals surface area contributed by atoms with Gasteiger partial charge in [0.05, 0.1) is 11.0 Å². The second kappa shape index (κ2) is 8.74. The van der Waals surface area contributed by atoms with Gasteiger partial charge in [0.2, 0.25) is 0 Å². The van der Waals surface area contributed by atoms with Crippen LogP contribution in [0.5, 0.6) is 5.75 Å². The molecule has 0 bridgehead atoms. The summed E-state index contributed by atoms with van der Waals surface area (Å²) in [5, 5.41) is 8.14. The van der Waals surface area contributed by atoms with Gasteiger partial charge in [-0.1, -0.05) is 25.1 Å². The second-order valence-corrected chi connectivity index (χ2v) is 8.58. The predicted octanol–water partition coefficient (Wildman–Crippen LogP) is 4.11. The Balaban J connectivity index is 1.69. The number of thiazole rings is 1. The molecule has 0 radical (unpaired) electrons. The van der Waals surface area contributed by atoms with Crippen LogP contribution in [0.15, 0.2) is 35.5 Å². The Morgan fingerprint density at radius 2 is 2.15 bits per heavy atom. The van der Waals surface area contributed by atoms with Gasteiger partial charge >= 0.3 is 0 Å². The van der Waals surface area contributed by atoms with Gasteiger partial charge in [0.15, 0.2) is 5.96 Å². The number of ether oxygens (including phenoxy) is 1. The van der Waals surface area contributed by atoms with Gasteiger partial charge in [0.1, 0.15) is 11.4 Å². The number of fused-ring (bicyclic) bond motifs is 1. The van der Waals surface area contributed by atoms with Gasteiger partial charge in [-0.15, -0.1) is 11.3 Å². The molecule has 6 heteroatoms. The minimum absolute atomic E-state index is 0.175. The van der Waals surface area contributed by atoms with E-state index < -0.39 is 0 Å². The number of hydrogen-bond acceptors (Lipinski definition) is 4. The number of para-hydroxylation sites is 1. The molecule has 1 aromatic heterocycles. The normalized spacial score (nSPS) is 18.5. The van der Waals surface area contributed by atoms with Crippen molar-refractivity contribution in [1.29, 1.82) is 0 Å². The van der Waals surface area contributed by atoms with Crippen molar-refractivity contribution >= 4 is 17.3 Å². The van der Waals surface area contributed by atoms with Crippen LogP contribution in [0.1, 0.15) is 55.6 Å². The van der Waals surface area contributed by atoms with Crippen molar-refractivity contribution in [3.05, 3.63) is 45.9 Å². The van der Waals surface area contributed by atoms with Crippen LogP contribution in [0.2, 0.25) is 0 Å². The third-order valence-corrected chi connectivity index (χ3v) is 5.78. The zero-order valence-corrected chi connectivity index (χ0v) is 17.5. The van der Waals surface area contributed by atoms with E-state index in [2.05, 4.69) is 55.4 Å². The smallest absolute Gasteiger partial charge is 0.191 e. The van der Waals surface area contributed by atoms with Crippen molar-refractivity contribution in [2.45, 2.75) is 58.6 Å². The van der Waals surface area contributed by atoms with Crippen LogP contribution in [-0.4, -0.2) is 29.6 Å². The lowest BCUT2D eigenvalue weighted by atomic mass is 9.90. The molecule has 0 saturated carbocycles. The third-order valence-electron chi connectivity index (χ3n) is 4.58. The summed E-state index contributed by atoms with van der Waals surface area (Å²) in [5.74, 6) is 1.80. The predicted molar refractivity (Wildman–Crippen MR) is 113 cm³/mol. The molecule has 146 valence electrons. The highest BCUT2D eigenvalue weighted by molar-refractivity contribution is 7.11. The van der Waals surface area contributed by atoms with Crippen molar-refractivity contribution in [2.75, 3.05) is 13.1 Å². The Morgan fingerprint density at radius 3 is 2.89 bits per heavy atom. The fourth-order valence-electron chi connectivity index (χ4n) is 3.31. The lowest BCUT2D eigenvalue weighted by molar-refractivity contribution is 0.0694. The largest absolute Gasteiger partial charge is 0.487 e. The van der Waals surface area contributed by atoms with Gasteiger partial charge in [0, 0.05) is 42.6 Å². The number of hydrogen-bond donors (Lipinski definition) is 2. The van der Waals surface area contributed by atoms with E-state index in [0.717, 1.165) is 49.1 Å². The molecule has 1 atom stereocenters. The first-order valence-electron chi connectivity index (χ1n) is 9.77. The molecule has 3 rings (SSSR count). The van der Waals surface area contributed by atoms with E-state index in [4.69, 9.17) is 9.73 Å². The molecular weight excluding hydrogens is 356 g/mol. The van der Waals surface area contributed by atoms with Crippen LogP contribution in [0, 0.1) is 0 Å². The van der Waals surface area contributed by atoms with Gasteiger partial charge in [-0.05, 0) is 33.3 Å². The molecule has 0 amide bonds. The first-order valence-corrected chi connectivity index (χ1v) is 10.6. The summed E-state index contributed by atoms with van der Waals surface area (Å²) in [5.41, 5.74) is 0.982. The molecule has 0 saturated heterocycles. The van der Waals surface area contributed by atoms with Gasteiger partial charge in [0.25, 0.3) is 0 Å². The molecule has 5 nitrogen and oxygen atoms in total. The molecule has 0 spiro atoms. The van der Waals surface area contributed by atoms with E-state index in [-0.39, 0.29) is 11.6 Å². The summed E-state index contributed by atoms with van der Waals surface area (Å²) < 4.78 is 6.14. The SMILES string of the molecule is CCNC(=NCCc1ncc(CC)s1)NC1CC(C)(C)Oc2ccccc21. The molecule has 1 aromatic carbocycles. The van der Waals surface area contributed by atoms with Gasteiger partial charge in [-0.25, -0.2) is 4.98 Å². The van der Waals surface area contributed by atoms with Crippen molar-refractivity contribution in [3.63, 3.8) is 0 Å². The molecule has 1 unspecified atom stereocenters. The lowest BCUT2D eigenvalue weighted by Gasteiger charge is -2.38. The van der Waals surface area contributed by atoms with Gasteiger partial charge in [-0.3, -0.25) is 4.99 Å². The summed E-state index contributed by atoms with van der Waals surface area (Å²) in [6.07, 6.45) is 4.79. The van der Waals surface area contributed by atoms with Crippen LogP contribution < -0.4 is 15.4 Å². The van der Waals surface area contributed by atoms with Gasteiger partial charge in [-0.2, -0.15) is 0 Å². The average Bonchev–Trinajstić information content (AvgIpc) is 3.09. The topological polar surface area (TPSA) is 58.5 Å². The average molecular weight is 387 g/mol. The Labute approximate surface area is 166 Å². The summed E-state index contributed by atoms with van der Waals surface area (Å²) in [6.45, 7) is 10.1. The van der Waals surface area contributed by atoms with Gasteiger partial charge < -0.3 is 15.4 Å². The highest BCUT2D eigenvalue weighted by Gasteiger charge is 2.33. The van der Waals surface area contributed by atoms with E-state index in [1.54, 1.807) is 11.3 Å². The minimum atomic E-state index is -0.208. The Hall–Kier alpha value is -2.08. The molecule has 2 heterocycles. The minimum Gasteiger partial charge on any atom is -0.487 e. The Kier molecular flexibility index (Phi) is 6.37. The zero-order chi connectivity index (χ0) is 19.3. The van der Waals surface area contributed by atoms with E-state index in [1.165, 1.54) is 10.4 Å². The van der Waals surface area contributed by atoms with Crippen LogP contribution >= 0.6 is 11.3 Å². The molecular formula is C21H30N4OS. The maximum Gasteiger partial charge on any atom is 0.191 e. The van der Waals surface area contributed by atoms with Crippen molar-refractivity contribution in [1.82, 2.24) is 15.6 Å². The van der Waals surface area contributed by atoms with Crippen LogP contribution in [-0.2, 0) is 12.8 Å². The number of nitrogens with one attached hydrogen (secondary N) is 2. The summed E-state index contributed by atoms with van der Waals surface area (Å²) in [4.78, 5) is 10.6. The van der Waals surface area contributed by atoms with E-state index >= 15 is 0 Å². The quantitative estimate of drug-likeness (QED) is 0.579. The monoisotopic (exact) mass is 386 g/mol. The number of rotatable bonds is 6. The Morgan fingerprint density at radius 1 is 1.33 bits per heavy atom. The molecule has 0 fully saturated rings. The number of benzene rings is 1. The standard InChI is InChI=1S/C21H30N4OS/c1-5-15-14-24-19(27-15)11-12-23-20(22-6-2)25-17-13-21(3,4)26-18-10-8-7-9-16(17)18/h7-10,14,17H,5-6,11-13H2,1-4H3,(H2,22,23,25). The summed E-state index contributed by atoms with van der Waals surface area (Å²) in [6, 6.07) is 8.44. The fraction of sp³-hybridized carbons (Fsp3) is 0.524. The maximum absolute atomic E-state index is 6.14. The van der Waals surface area contributed by atoms with Crippen LogP contribution in [0.4, 0.5) is 0 Å². The van der Waals surface area contributed by atoms with E-state index in [0.29, 0.717) is 0 Å². The maximum atomic E-state index is 6.14. The number of guanidine groups is 1. The van der Waals surface area contributed by atoms with E-state index in [1.807, 2.05) is 18.3 Å². The molecule has 1 aliphatic heterocycles. The molecule has 27 heavy (non-hydrogen) atoms. The number of nitrogens with zero attached hydrogens (tertiary/aromatic N) is 2. The summed E-state index contributed by atoms with van der Waals surface area (Å²) in [7, 11) is 0. The highest BCUT2D eigenvalue weighted by Crippen LogP contribution is 2.39. The zero-order valence-electron chi connectivity index (χ0n) is 16.7. The first kappa shape index (κ1) is 19.7. The number of aryl methyl sites for hydroxylation is 1. The molecule has 0 aliphatic carbocycles. The van der Waals surface area contributed by atoms with Crippen molar-refractivity contribution in [2.24, 2.45) is 4.99 Å².